The lowest BCUT2D eigenvalue weighted by molar-refractivity contribution is 0.327. The molecule has 2 atom stereocenters. The Morgan fingerprint density at radius 1 is 1.21 bits per heavy atom. The summed E-state index contributed by atoms with van der Waals surface area (Å²) >= 11 is 3.55. The fraction of sp³-hybridized carbons (Fsp3) is 0.261. The zero-order chi connectivity index (χ0) is 22.8. The number of halogens is 2. The van der Waals surface area contributed by atoms with Gasteiger partial charge in [-0.2, -0.15) is 9.61 Å². The zero-order valence-corrected chi connectivity index (χ0v) is 20.1. The average molecular weight is 529 g/mol. The predicted molar refractivity (Wildman–Crippen MR) is 129 cm³/mol. The van der Waals surface area contributed by atoms with E-state index >= 15 is 0 Å². The summed E-state index contributed by atoms with van der Waals surface area (Å²) in [4.78, 5) is 9.52. The van der Waals surface area contributed by atoms with Crippen molar-refractivity contribution in [2.75, 3.05) is 18.4 Å². The second-order valence-corrected chi connectivity index (χ2v) is 10.3. The molecule has 170 valence electrons. The van der Waals surface area contributed by atoms with Gasteiger partial charge in [0.15, 0.2) is 5.65 Å². The Kier molecular flexibility index (Phi) is 6.48. The normalized spacial score (nSPS) is 17.8. The van der Waals surface area contributed by atoms with Crippen LogP contribution in [-0.2, 0) is 17.5 Å². The molecule has 2 unspecified atom stereocenters. The van der Waals surface area contributed by atoms with Gasteiger partial charge in [-0.05, 0) is 58.6 Å². The Hall–Kier alpha value is -2.69. The van der Waals surface area contributed by atoms with Crippen LogP contribution < -0.4 is 5.32 Å². The highest BCUT2D eigenvalue weighted by atomic mass is 79.9. The van der Waals surface area contributed by atoms with Crippen LogP contribution in [0.25, 0.3) is 5.65 Å². The van der Waals surface area contributed by atoms with Crippen molar-refractivity contribution in [3.8, 4) is 0 Å². The van der Waals surface area contributed by atoms with Gasteiger partial charge in [0.25, 0.3) is 0 Å². The van der Waals surface area contributed by atoms with Crippen molar-refractivity contribution >= 4 is 38.4 Å². The van der Waals surface area contributed by atoms with Crippen LogP contribution in [0.4, 0.5) is 10.2 Å². The van der Waals surface area contributed by atoms with Crippen LogP contribution in [0.15, 0.2) is 70.4 Å². The van der Waals surface area contributed by atoms with Gasteiger partial charge in [0.1, 0.15) is 22.6 Å². The fourth-order valence-corrected chi connectivity index (χ4v) is 5.71. The highest BCUT2D eigenvalue weighted by molar-refractivity contribution is 9.10. The van der Waals surface area contributed by atoms with Crippen molar-refractivity contribution in [3.63, 3.8) is 0 Å². The minimum Gasteiger partial charge on any atom is -0.366 e. The molecule has 1 fully saturated rings. The summed E-state index contributed by atoms with van der Waals surface area (Å²) < 4.78 is 31.2. The van der Waals surface area contributed by atoms with Crippen LogP contribution in [0.5, 0.6) is 0 Å². The number of nitrogens with zero attached hydrogens (tertiary/aromatic N) is 5. The first-order valence-electron chi connectivity index (χ1n) is 10.7. The molecule has 10 heteroatoms. The van der Waals surface area contributed by atoms with Gasteiger partial charge in [-0.1, -0.05) is 12.1 Å². The molecule has 0 saturated carbocycles. The highest BCUT2D eigenvalue weighted by Crippen LogP contribution is 2.31. The first-order chi connectivity index (χ1) is 16.1. The van der Waals surface area contributed by atoms with Crippen LogP contribution >= 0.6 is 15.9 Å². The molecule has 0 aliphatic carbocycles. The van der Waals surface area contributed by atoms with Gasteiger partial charge in [-0.15, -0.1) is 0 Å². The quantitative estimate of drug-likeness (QED) is 0.397. The summed E-state index contributed by atoms with van der Waals surface area (Å²) in [7, 11) is -1.42. The predicted octanol–water partition coefficient (Wildman–Crippen LogP) is 4.54. The second kappa shape index (κ2) is 9.66. The number of fused-ring (bicyclic) bond motifs is 1. The van der Waals surface area contributed by atoms with Crippen LogP contribution in [0, 0.1) is 5.82 Å². The number of rotatable bonds is 6. The van der Waals surface area contributed by atoms with E-state index in [1.807, 2.05) is 28.7 Å². The highest BCUT2D eigenvalue weighted by Gasteiger charge is 2.28. The molecule has 3 aromatic heterocycles. The first kappa shape index (κ1) is 22.1. The standard InChI is InChI=1S/C23H22BrFN6OS/c24-20-14-28-31-22(27-13-16-4-2-8-26-12-16)11-21(29-23(20)31)17-5-3-9-30(15-17)33(32)19-7-1-6-18(25)10-19/h1-2,4,6-8,10-12,14,17,27H,3,5,9,13,15H2. The average Bonchev–Trinajstić information content (AvgIpc) is 3.23. The van der Waals surface area contributed by atoms with Gasteiger partial charge < -0.3 is 5.32 Å². The molecule has 33 heavy (non-hydrogen) atoms. The number of aromatic nitrogens is 4. The summed E-state index contributed by atoms with van der Waals surface area (Å²) in [6.07, 6.45) is 7.13. The SMILES string of the molecule is O=S(c1cccc(F)c1)N1CCCC(c2cc(NCc3cccnc3)n3ncc(Br)c3n2)C1. The molecular weight excluding hydrogens is 507 g/mol. The Morgan fingerprint density at radius 3 is 2.94 bits per heavy atom. The van der Waals surface area contributed by atoms with Crippen LogP contribution in [0.1, 0.15) is 30.0 Å². The second-order valence-electron chi connectivity index (χ2n) is 7.94. The number of piperidine rings is 1. The lowest BCUT2D eigenvalue weighted by Gasteiger charge is -2.31. The topological polar surface area (TPSA) is 75.4 Å². The van der Waals surface area contributed by atoms with E-state index in [2.05, 4.69) is 31.3 Å². The monoisotopic (exact) mass is 528 g/mol. The summed E-state index contributed by atoms with van der Waals surface area (Å²) in [5, 5.41) is 7.89. The van der Waals surface area contributed by atoms with Crippen molar-refractivity contribution < 1.29 is 8.60 Å². The Bertz CT molecular complexity index is 1300. The van der Waals surface area contributed by atoms with Crippen LogP contribution in [0.2, 0.25) is 0 Å². The van der Waals surface area contributed by atoms with Crippen molar-refractivity contribution in [1.29, 1.82) is 0 Å². The van der Waals surface area contributed by atoms with Crippen LogP contribution in [0.3, 0.4) is 0 Å². The Labute approximate surface area is 201 Å². The number of pyridine rings is 1. The van der Waals surface area contributed by atoms with Crippen molar-refractivity contribution in [2.24, 2.45) is 0 Å². The molecule has 0 spiro atoms. The number of nitrogens with one attached hydrogen (secondary N) is 1. The molecule has 4 aromatic rings. The van der Waals surface area contributed by atoms with Crippen molar-refractivity contribution in [3.05, 3.63) is 82.6 Å². The Balaban J connectivity index is 1.41. The van der Waals surface area contributed by atoms with Gasteiger partial charge in [0.05, 0.1) is 21.3 Å². The van der Waals surface area contributed by atoms with E-state index in [-0.39, 0.29) is 11.7 Å². The van der Waals surface area contributed by atoms with Crippen molar-refractivity contribution in [1.82, 2.24) is 23.9 Å². The van der Waals surface area contributed by atoms with E-state index in [0.717, 1.165) is 40.0 Å². The lowest BCUT2D eigenvalue weighted by Crippen LogP contribution is -2.36. The number of hydrogen-bond donors (Lipinski definition) is 1. The summed E-state index contributed by atoms with van der Waals surface area (Å²) in [5.41, 5.74) is 2.70. The number of anilines is 1. The maximum absolute atomic E-state index is 13.6. The van der Waals surface area contributed by atoms with Crippen molar-refractivity contribution in [2.45, 2.75) is 30.2 Å². The number of hydrogen-bond acceptors (Lipinski definition) is 5. The molecule has 1 N–H and O–H groups in total. The van der Waals surface area contributed by atoms with E-state index < -0.39 is 11.0 Å². The van der Waals surface area contributed by atoms with E-state index in [1.54, 1.807) is 29.0 Å². The molecular formula is C23H22BrFN6OS. The van der Waals surface area contributed by atoms with E-state index in [9.17, 15) is 8.60 Å². The molecule has 0 bridgehead atoms. The van der Waals surface area contributed by atoms with E-state index in [0.29, 0.717) is 24.5 Å². The molecule has 1 aliphatic rings. The van der Waals surface area contributed by atoms with Gasteiger partial charge in [-0.25, -0.2) is 17.9 Å². The molecule has 1 aliphatic heterocycles. The lowest BCUT2D eigenvalue weighted by atomic mass is 9.96. The Morgan fingerprint density at radius 2 is 2.12 bits per heavy atom. The van der Waals surface area contributed by atoms with Gasteiger partial charge in [0.2, 0.25) is 0 Å². The third kappa shape index (κ3) is 4.83. The summed E-state index contributed by atoms with van der Waals surface area (Å²) in [5.74, 6) is 0.548. The first-order valence-corrected chi connectivity index (χ1v) is 12.6. The smallest absolute Gasteiger partial charge is 0.171 e. The minimum atomic E-state index is -1.42. The van der Waals surface area contributed by atoms with E-state index in [4.69, 9.17) is 4.98 Å². The van der Waals surface area contributed by atoms with Gasteiger partial charge >= 0.3 is 0 Å². The maximum Gasteiger partial charge on any atom is 0.171 e. The molecule has 5 rings (SSSR count). The third-order valence-electron chi connectivity index (χ3n) is 5.68. The third-order valence-corrected chi connectivity index (χ3v) is 7.70. The number of benzene rings is 1. The largest absolute Gasteiger partial charge is 0.366 e. The fourth-order valence-electron chi connectivity index (χ4n) is 4.04. The molecule has 7 nitrogen and oxygen atoms in total. The van der Waals surface area contributed by atoms with Gasteiger partial charge in [-0.3, -0.25) is 4.98 Å². The summed E-state index contributed by atoms with van der Waals surface area (Å²) in [6.45, 7) is 1.88. The van der Waals surface area contributed by atoms with Gasteiger partial charge in [0, 0.05) is 44.0 Å². The minimum absolute atomic E-state index is 0.0991. The molecule has 0 amide bonds. The molecule has 4 heterocycles. The maximum atomic E-state index is 13.6. The van der Waals surface area contributed by atoms with E-state index in [1.165, 1.54) is 12.1 Å². The molecule has 1 saturated heterocycles. The summed E-state index contributed by atoms with van der Waals surface area (Å²) in [6, 6.07) is 11.9. The molecule has 1 aromatic carbocycles. The zero-order valence-electron chi connectivity index (χ0n) is 17.7. The van der Waals surface area contributed by atoms with Crippen LogP contribution in [-0.4, -0.2) is 41.2 Å². The molecule has 0 radical (unpaired) electrons.